The normalized spacial score (nSPS) is 17.0. The summed E-state index contributed by atoms with van der Waals surface area (Å²) in [5.74, 6) is 3.90. The van der Waals surface area contributed by atoms with Gasteiger partial charge in [-0.2, -0.15) is 15.1 Å². The first kappa shape index (κ1) is 21.8. The van der Waals surface area contributed by atoms with Gasteiger partial charge in [-0.05, 0) is 74.9 Å². The lowest BCUT2D eigenvalue weighted by Crippen LogP contribution is -2.33. The molecule has 0 aliphatic carbocycles. The number of halogens is 1. The van der Waals surface area contributed by atoms with Crippen LogP contribution in [0.5, 0.6) is 0 Å². The molecule has 0 spiro atoms. The highest BCUT2D eigenvalue weighted by molar-refractivity contribution is 6.30. The second kappa shape index (κ2) is 10.3. The van der Waals surface area contributed by atoms with Gasteiger partial charge in [-0.25, -0.2) is 0 Å². The van der Waals surface area contributed by atoms with E-state index in [-0.39, 0.29) is 0 Å². The topological polar surface area (TPSA) is 69.8 Å². The third-order valence-electron chi connectivity index (χ3n) is 6.15. The molecule has 2 saturated heterocycles. The highest BCUT2D eigenvalue weighted by Crippen LogP contribution is 2.26. The zero-order valence-electron chi connectivity index (χ0n) is 18.7. The second-order valence-corrected chi connectivity index (χ2v) is 9.02. The van der Waals surface area contributed by atoms with E-state index in [1.807, 2.05) is 42.5 Å². The van der Waals surface area contributed by atoms with Gasteiger partial charge in [-0.3, -0.25) is 5.43 Å². The van der Waals surface area contributed by atoms with Gasteiger partial charge in [-0.1, -0.05) is 11.6 Å². The fraction of sp³-hybridized carbons (Fsp3) is 0.400. The molecule has 33 heavy (non-hydrogen) atoms. The van der Waals surface area contributed by atoms with E-state index >= 15 is 0 Å². The molecule has 0 saturated carbocycles. The van der Waals surface area contributed by atoms with Crippen LogP contribution in [0.1, 0.15) is 44.3 Å². The lowest BCUT2D eigenvalue weighted by molar-refractivity contribution is 0.561. The number of hydrogen-bond acceptors (Lipinski definition) is 7. The maximum absolute atomic E-state index is 5.98. The Morgan fingerprint density at radius 1 is 0.848 bits per heavy atom. The lowest BCUT2D eigenvalue weighted by Gasteiger charge is -2.31. The summed E-state index contributed by atoms with van der Waals surface area (Å²) in [4.78, 5) is 14.3. The van der Waals surface area contributed by atoms with Crippen molar-refractivity contribution < 1.29 is 4.42 Å². The smallest absolute Gasteiger partial charge is 0.229 e. The van der Waals surface area contributed by atoms with E-state index in [4.69, 9.17) is 26.0 Å². The van der Waals surface area contributed by atoms with Crippen molar-refractivity contribution in [2.24, 2.45) is 5.10 Å². The fourth-order valence-electron chi connectivity index (χ4n) is 4.35. The van der Waals surface area contributed by atoms with Crippen LogP contribution in [0.4, 0.5) is 17.6 Å². The van der Waals surface area contributed by atoms with Crippen LogP contribution >= 0.6 is 11.6 Å². The molecular weight excluding hydrogens is 436 g/mol. The third-order valence-corrected chi connectivity index (χ3v) is 6.40. The molecule has 1 N–H and O–H groups in total. The summed E-state index contributed by atoms with van der Waals surface area (Å²) in [7, 11) is 0. The Kier molecular flexibility index (Phi) is 6.76. The number of anilines is 3. The third kappa shape index (κ3) is 5.47. The number of hydrazone groups is 1. The Balaban J connectivity index is 1.32. The molecule has 2 fully saturated rings. The van der Waals surface area contributed by atoms with Gasteiger partial charge in [0.15, 0.2) is 5.82 Å². The molecule has 4 heterocycles. The second-order valence-electron chi connectivity index (χ2n) is 8.59. The van der Waals surface area contributed by atoms with Crippen LogP contribution in [0.25, 0.3) is 11.3 Å². The van der Waals surface area contributed by atoms with E-state index in [2.05, 4.69) is 20.3 Å². The van der Waals surface area contributed by atoms with Gasteiger partial charge in [0, 0.05) is 42.8 Å². The van der Waals surface area contributed by atoms with E-state index < -0.39 is 0 Å². The van der Waals surface area contributed by atoms with Crippen molar-refractivity contribution in [3.05, 3.63) is 53.2 Å². The first-order valence-electron chi connectivity index (χ1n) is 11.8. The molecule has 2 aromatic heterocycles. The minimum absolute atomic E-state index is 0.661. The van der Waals surface area contributed by atoms with Crippen molar-refractivity contribution >= 4 is 35.4 Å². The fourth-order valence-corrected chi connectivity index (χ4v) is 4.48. The zero-order valence-corrected chi connectivity index (χ0v) is 19.5. The summed E-state index contributed by atoms with van der Waals surface area (Å²) >= 11 is 5.98. The van der Waals surface area contributed by atoms with Crippen LogP contribution in [0, 0.1) is 0 Å². The molecule has 2 aliphatic rings. The first-order chi connectivity index (χ1) is 16.2. The molecule has 5 rings (SSSR count). The molecule has 0 radical (unpaired) electrons. The number of nitrogens with one attached hydrogen (secondary N) is 1. The van der Waals surface area contributed by atoms with Crippen molar-refractivity contribution in [1.82, 2.24) is 9.97 Å². The van der Waals surface area contributed by atoms with E-state index in [1.54, 1.807) is 6.21 Å². The molecule has 0 atom stereocenters. The van der Waals surface area contributed by atoms with Crippen LogP contribution in [-0.2, 0) is 0 Å². The standard InChI is InChI=1S/C25H29ClN6O/c26-20-9-7-19(8-10-20)22-12-11-21(33-22)18-27-30-23-17-24(31-13-3-1-4-14-31)29-25(28-23)32-15-5-2-6-16-32/h7-12,17-18H,1-6,13-16H2,(H,28,29,30). The van der Waals surface area contributed by atoms with Crippen LogP contribution < -0.4 is 15.2 Å². The molecule has 2 aliphatic heterocycles. The minimum Gasteiger partial charge on any atom is -0.455 e. The molecule has 7 nitrogen and oxygen atoms in total. The molecule has 0 unspecified atom stereocenters. The zero-order chi connectivity index (χ0) is 22.5. The Labute approximate surface area is 199 Å². The van der Waals surface area contributed by atoms with Crippen molar-refractivity contribution in [2.45, 2.75) is 38.5 Å². The molecule has 1 aromatic carbocycles. The van der Waals surface area contributed by atoms with Gasteiger partial charge in [0.2, 0.25) is 5.95 Å². The van der Waals surface area contributed by atoms with Gasteiger partial charge in [0.1, 0.15) is 17.3 Å². The van der Waals surface area contributed by atoms with Gasteiger partial charge in [-0.15, -0.1) is 0 Å². The molecular formula is C25H29ClN6O. The number of benzene rings is 1. The Morgan fingerprint density at radius 2 is 1.55 bits per heavy atom. The monoisotopic (exact) mass is 464 g/mol. The number of rotatable bonds is 6. The van der Waals surface area contributed by atoms with Gasteiger partial charge in [0.25, 0.3) is 0 Å². The van der Waals surface area contributed by atoms with Crippen LogP contribution in [-0.4, -0.2) is 42.4 Å². The highest BCUT2D eigenvalue weighted by atomic mass is 35.5. The van der Waals surface area contributed by atoms with Crippen molar-refractivity contribution in [3.8, 4) is 11.3 Å². The number of nitrogens with zero attached hydrogens (tertiary/aromatic N) is 5. The highest BCUT2D eigenvalue weighted by Gasteiger charge is 2.19. The molecule has 0 amide bonds. The van der Waals surface area contributed by atoms with E-state index in [1.165, 1.54) is 38.5 Å². The maximum atomic E-state index is 5.98. The summed E-state index contributed by atoms with van der Waals surface area (Å²) in [6.07, 6.45) is 9.02. The van der Waals surface area contributed by atoms with Crippen LogP contribution in [0.2, 0.25) is 5.02 Å². The van der Waals surface area contributed by atoms with Crippen LogP contribution in [0.15, 0.2) is 52.0 Å². The summed E-state index contributed by atoms with van der Waals surface area (Å²) in [5, 5.41) is 5.09. The molecule has 0 bridgehead atoms. The molecule has 8 heteroatoms. The maximum Gasteiger partial charge on any atom is 0.229 e. The van der Waals surface area contributed by atoms with E-state index in [0.717, 1.165) is 49.3 Å². The van der Waals surface area contributed by atoms with Crippen molar-refractivity contribution in [3.63, 3.8) is 0 Å². The Morgan fingerprint density at radius 3 is 2.27 bits per heavy atom. The SMILES string of the molecule is Clc1ccc(-c2ccc(C=NNc3cc(N4CCCCC4)nc(N4CCCCC4)n3)o2)cc1. The van der Waals surface area contributed by atoms with E-state index in [9.17, 15) is 0 Å². The van der Waals surface area contributed by atoms with Gasteiger partial charge < -0.3 is 14.2 Å². The average molecular weight is 465 g/mol. The van der Waals surface area contributed by atoms with Crippen molar-refractivity contribution in [1.29, 1.82) is 0 Å². The van der Waals surface area contributed by atoms with E-state index in [0.29, 0.717) is 16.6 Å². The predicted molar refractivity (Wildman–Crippen MR) is 135 cm³/mol. The average Bonchev–Trinajstić information content (AvgIpc) is 3.34. The number of hydrogen-bond donors (Lipinski definition) is 1. The molecule has 172 valence electrons. The Hall–Kier alpha value is -3.06. The molecule has 3 aromatic rings. The Bertz CT molecular complexity index is 1050. The lowest BCUT2D eigenvalue weighted by atomic mass is 10.1. The number of aromatic nitrogens is 2. The summed E-state index contributed by atoms with van der Waals surface area (Å²) in [5.41, 5.74) is 4.07. The summed E-state index contributed by atoms with van der Waals surface area (Å²) in [6, 6.07) is 13.4. The largest absolute Gasteiger partial charge is 0.455 e. The van der Waals surface area contributed by atoms with Crippen LogP contribution in [0.3, 0.4) is 0 Å². The van der Waals surface area contributed by atoms with Crippen molar-refractivity contribution in [2.75, 3.05) is 41.4 Å². The summed E-state index contributed by atoms with van der Waals surface area (Å²) in [6.45, 7) is 4.09. The predicted octanol–water partition coefficient (Wildman–Crippen LogP) is 5.82. The summed E-state index contributed by atoms with van der Waals surface area (Å²) < 4.78 is 5.90. The number of furan rings is 1. The van der Waals surface area contributed by atoms with Gasteiger partial charge >= 0.3 is 0 Å². The number of piperidine rings is 2. The quantitative estimate of drug-likeness (QED) is 0.366. The van der Waals surface area contributed by atoms with Gasteiger partial charge in [0.05, 0.1) is 6.21 Å². The minimum atomic E-state index is 0.661. The first-order valence-corrected chi connectivity index (χ1v) is 12.2.